The molecule has 0 aromatic heterocycles. The monoisotopic (exact) mass is 276 g/mol. The molecule has 1 saturated carbocycles. The van der Waals surface area contributed by atoms with Crippen LogP contribution in [0, 0.1) is 0 Å². The Labute approximate surface area is 123 Å². The third-order valence-electron chi connectivity index (χ3n) is 4.15. The van der Waals surface area contributed by atoms with Crippen molar-refractivity contribution in [1.29, 1.82) is 0 Å². The molecule has 3 nitrogen and oxygen atoms in total. The first kappa shape index (κ1) is 15.0. The largest absolute Gasteiger partial charge is 0.491 e. The van der Waals surface area contributed by atoms with Gasteiger partial charge in [0.25, 0.3) is 0 Å². The Kier molecular flexibility index (Phi) is 5.57. The first-order chi connectivity index (χ1) is 9.76. The molecular weight excluding hydrogens is 248 g/mol. The van der Waals surface area contributed by atoms with Gasteiger partial charge in [-0.2, -0.15) is 0 Å². The van der Waals surface area contributed by atoms with Crippen LogP contribution in [-0.2, 0) is 0 Å². The van der Waals surface area contributed by atoms with Crippen molar-refractivity contribution in [1.82, 2.24) is 0 Å². The third-order valence-corrected chi connectivity index (χ3v) is 4.15. The normalized spacial score (nSPS) is 16.1. The summed E-state index contributed by atoms with van der Waals surface area (Å²) in [6.07, 6.45) is 7.72. The van der Waals surface area contributed by atoms with Gasteiger partial charge < -0.3 is 15.4 Å². The topological polar surface area (TPSA) is 38.5 Å². The van der Waals surface area contributed by atoms with Gasteiger partial charge in [-0.25, -0.2) is 0 Å². The number of nitrogens with two attached hydrogens (primary N) is 1. The van der Waals surface area contributed by atoms with Crippen LogP contribution in [-0.4, -0.2) is 19.2 Å². The molecule has 0 heterocycles. The quantitative estimate of drug-likeness (QED) is 0.791. The van der Waals surface area contributed by atoms with Crippen molar-refractivity contribution in [2.75, 3.05) is 23.8 Å². The summed E-state index contributed by atoms with van der Waals surface area (Å²) >= 11 is 0. The van der Waals surface area contributed by atoms with E-state index < -0.39 is 0 Å². The summed E-state index contributed by atoms with van der Waals surface area (Å²) in [5.74, 6) is 0.832. The molecule has 1 aromatic rings. The average molecular weight is 276 g/mol. The maximum absolute atomic E-state index is 6.01. The van der Waals surface area contributed by atoms with Crippen LogP contribution in [0.4, 0.5) is 11.4 Å². The van der Waals surface area contributed by atoms with Gasteiger partial charge >= 0.3 is 0 Å². The van der Waals surface area contributed by atoms with E-state index in [1.165, 1.54) is 37.8 Å². The highest BCUT2D eigenvalue weighted by Crippen LogP contribution is 2.32. The van der Waals surface area contributed by atoms with Crippen molar-refractivity contribution in [3.63, 3.8) is 0 Å². The number of nitrogens with zero attached hydrogens (tertiary/aromatic N) is 1. The Hall–Kier alpha value is -1.38. The molecule has 0 bridgehead atoms. The Morgan fingerprint density at radius 1 is 1.20 bits per heavy atom. The van der Waals surface area contributed by atoms with Crippen LogP contribution in [0.15, 0.2) is 18.2 Å². The summed E-state index contributed by atoms with van der Waals surface area (Å²) in [7, 11) is 0. The van der Waals surface area contributed by atoms with Gasteiger partial charge in [-0.05, 0) is 38.3 Å². The van der Waals surface area contributed by atoms with Gasteiger partial charge in [-0.3, -0.25) is 0 Å². The number of ether oxygens (including phenoxy) is 1. The van der Waals surface area contributed by atoms with E-state index in [0.29, 0.717) is 6.04 Å². The first-order valence-electron chi connectivity index (χ1n) is 8.05. The molecule has 0 amide bonds. The molecule has 1 aliphatic rings. The van der Waals surface area contributed by atoms with Crippen LogP contribution in [0.1, 0.15) is 52.4 Å². The lowest BCUT2D eigenvalue weighted by atomic mass is 9.94. The van der Waals surface area contributed by atoms with Gasteiger partial charge in [0.15, 0.2) is 0 Å². The summed E-state index contributed by atoms with van der Waals surface area (Å²) < 4.78 is 5.76. The van der Waals surface area contributed by atoms with Gasteiger partial charge in [-0.1, -0.05) is 26.2 Å². The minimum absolute atomic E-state index is 0.677. The molecular formula is C17H28N2O. The molecule has 2 rings (SSSR count). The van der Waals surface area contributed by atoms with Crippen LogP contribution in [0.5, 0.6) is 5.75 Å². The molecule has 112 valence electrons. The van der Waals surface area contributed by atoms with E-state index in [9.17, 15) is 0 Å². The molecule has 20 heavy (non-hydrogen) atoms. The molecule has 0 atom stereocenters. The van der Waals surface area contributed by atoms with E-state index in [1.807, 2.05) is 6.07 Å². The molecule has 0 spiro atoms. The van der Waals surface area contributed by atoms with Crippen LogP contribution >= 0.6 is 0 Å². The third kappa shape index (κ3) is 3.59. The van der Waals surface area contributed by atoms with Crippen molar-refractivity contribution in [3.05, 3.63) is 18.2 Å². The van der Waals surface area contributed by atoms with Crippen molar-refractivity contribution in [2.45, 2.75) is 58.4 Å². The highest BCUT2D eigenvalue weighted by atomic mass is 16.5. The van der Waals surface area contributed by atoms with Crippen molar-refractivity contribution >= 4 is 11.4 Å². The van der Waals surface area contributed by atoms with Crippen LogP contribution in [0.2, 0.25) is 0 Å². The van der Waals surface area contributed by atoms with Crippen molar-refractivity contribution in [2.24, 2.45) is 0 Å². The number of hydrogen-bond donors (Lipinski definition) is 1. The minimum Gasteiger partial charge on any atom is -0.491 e. The lowest BCUT2D eigenvalue weighted by Gasteiger charge is -2.35. The van der Waals surface area contributed by atoms with E-state index in [0.717, 1.165) is 31.0 Å². The number of nitrogen functional groups attached to an aromatic ring is 1. The maximum atomic E-state index is 6.01. The van der Waals surface area contributed by atoms with E-state index in [4.69, 9.17) is 10.5 Å². The lowest BCUT2D eigenvalue weighted by Crippen LogP contribution is -2.36. The van der Waals surface area contributed by atoms with Crippen molar-refractivity contribution < 1.29 is 4.74 Å². The molecule has 2 N–H and O–H groups in total. The summed E-state index contributed by atoms with van der Waals surface area (Å²) in [6.45, 7) is 6.11. The van der Waals surface area contributed by atoms with E-state index in [-0.39, 0.29) is 0 Å². The lowest BCUT2D eigenvalue weighted by molar-refractivity contribution is 0.319. The molecule has 1 aromatic carbocycles. The number of hydrogen-bond acceptors (Lipinski definition) is 3. The summed E-state index contributed by atoms with van der Waals surface area (Å²) in [4.78, 5) is 2.51. The standard InChI is InChI=1S/C17H28N2O/c1-3-12-20-17-13-15(10-11-16(17)18)19(4-2)14-8-6-5-7-9-14/h10-11,13-14H,3-9,12,18H2,1-2H3. The second-order valence-electron chi connectivity index (χ2n) is 5.65. The summed E-state index contributed by atoms with van der Waals surface area (Å²) in [5, 5.41) is 0. The first-order valence-corrected chi connectivity index (χ1v) is 8.05. The molecule has 0 saturated heterocycles. The fourth-order valence-corrected chi connectivity index (χ4v) is 3.08. The Balaban J connectivity index is 2.16. The van der Waals surface area contributed by atoms with E-state index in [1.54, 1.807) is 0 Å². The second kappa shape index (κ2) is 7.41. The van der Waals surface area contributed by atoms with Gasteiger partial charge in [0.1, 0.15) is 5.75 Å². The van der Waals surface area contributed by atoms with E-state index >= 15 is 0 Å². The van der Waals surface area contributed by atoms with Gasteiger partial charge in [0.05, 0.1) is 12.3 Å². The van der Waals surface area contributed by atoms with Crippen molar-refractivity contribution in [3.8, 4) is 5.75 Å². The highest BCUT2D eigenvalue weighted by Gasteiger charge is 2.20. The molecule has 0 aliphatic heterocycles. The van der Waals surface area contributed by atoms with Gasteiger partial charge in [-0.15, -0.1) is 0 Å². The summed E-state index contributed by atoms with van der Waals surface area (Å²) in [6, 6.07) is 6.90. The van der Waals surface area contributed by atoms with Crippen LogP contribution in [0.3, 0.4) is 0 Å². The Morgan fingerprint density at radius 3 is 2.60 bits per heavy atom. The molecule has 0 unspecified atom stereocenters. The maximum Gasteiger partial charge on any atom is 0.144 e. The number of benzene rings is 1. The van der Waals surface area contributed by atoms with E-state index in [2.05, 4.69) is 30.9 Å². The predicted octanol–water partition coefficient (Wildman–Crippen LogP) is 4.22. The number of rotatable bonds is 6. The number of anilines is 2. The highest BCUT2D eigenvalue weighted by molar-refractivity contribution is 5.62. The molecule has 3 heteroatoms. The SMILES string of the molecule is CCCOc1cc(N(CC)C2CCCCC2)ccc1N. The van der Waals surface area contributed by atoms with Gasteiger partial charge in [0.2, 0.25) is 0 Å². The average Bonchev–Trinajstić information content (AvgIpc) is 2.49. The fraction of sp³-hybridized carbons (Fsp3) is 0.647. The zero-order valence-electron chi connectivity index (χ0n) is 12.9. The molecule has 1 aliphatic carbocycles. The Morgan fingerprint density at radius 2 is 1.95 bits per heavy atom. The predicted molar refractivity (Wildman–Crippen MR) is 86.5 cm³/mol. The summed E-state index contributed by atoms with van der Waals surface area (Å²) in [5.41, 5.74) is 7.99. The molecule has 0 radical (unpaired) electrons. The van der Waals surface area contributed by atoms with Crippen LogP contribution < -0.4 is 15.4 Å². The zero-order chi connectivity index (χ0) is 14.4. The molecule has 1 fully saturated rings. The smallest absolute Gasteiger partial charge is 0.144 e. The second-order valence-corrected chi connectivity index (χ2v) is 5.65. The fourth-order valence-electron chi connectivity index (χ4n) is 3.08. The van der Waals surface area contributed by atoms with Crippen LogP contribution in [0.25, 0.3) is 0 Å². The minimum atomic E-state index is 0.677. The van der Waals surface area contributed by atoms with Gasteiger partial charge in [0, 0.05) is 24.3 Å². The zero-order valence-corrected chi connectivity index (χ0v) is 12.9. The Bertz CT molecular complexity index is 413.